The van der Waals surface area contributed by atoms with Crippen molar-refractivity contribution in [3.63, 3.8) is 0 Å². The molecule has 1 aliphatic heterocycles. The molecule has 0 amide bonds. The highest BCUT2D eigenvalue weighted by Crippen LogP contribution is 2.34. The summed E-state index contributed by atoms with van der Waals surface area (Å²) in [6.45, 7) is 2.12. The number of fused-ring (bicyclic) bond motifs is 1. The summed E-state index contributed by atoms with van der Waals surface area (Å²) in [6.07, 6.45) is -3.59. The van der Waals surface area contributed by atoms with Gasteiger partial charge in [0.05, 0.1) is 17.8 Å². The molecule has 1 aliphatic rings. The fraction of sp³-hybridized carbons (Fsp3) is 0.294. The molecule has 23 heavy (non-hydrogen) atoms. The van der Waals surface area contributed by atoms with Crippen molar-refractivity contribution < 1.29 is 17.9 Å². The van der Waals surface area contributed by atoms with Gasteiger partial charge in [0.15, 0.2) is 0 Å². The van der Waals surface area contributed by atoms with Crippen molar-refractivity contribution in [3.8, 4) is 5.75 Å². The number of hydrogen-bond donors (Lipinski definition) is 0. The Morgan fingerprint density at radius 3 is 2.52 bits per heavy atom. The van der Waals surface area contributed by atoms with Gasteiger partial charge in [-0.1, -0.05) is 28.1 Å². The fourth-order valence-corrected chi connectivity index (χ4v) is 2.95. The zero-order chi connectivity index (χ0) is 16.4. The molecule has 0 spiro atoms. The third kappa shape index (κ3) is 3.80. The normalized spacial score (nSPS) is 14.3. The average molecular weight is 386 g/mol. The van der Waals surface area contributed by atoms with Crippen LogP contribution in [0.2, 0.25) is 0 Å². The van der Waals surface area contributed by atoms with Gasteiger partial charge in [-0.05, 0) is 42.3 Å². The fourth-order valence-electron chi connectivity index (χ4n) is 2.61. The van der Waals surface area contributed by atoms with E-state index in [0.29, 0.717) is 13.0 Å². The van der Waals surface area contributed by atoms with Crippen LogP contribution in [0.4, 0.5) is 18.9 Å². The molecular formula is C17H15BrF3NO. The molecule has 3 rings (SSSR count). The van der Waals surface area contributed by atoms with Crippen LogP contribution in [0.25, 0.3) is 0 Å². The number of anilines is 1. The SMILES string of the molecule is FC(F)(F)c1ccc(CCN2CCOc3cc(Br)ccc32)cc1. The highest BCUT2D eigenvalue weighted by molar-refractivity contribution is 9.10. The lowest BCUT2D eigenvalue weighted by atomic mass is 10.1. The van der Waals surface area contributed by atoms with Crippen molar-refractivity contribution in [2.75, 3.05) is 24.6 Å². The van der Waals surface area contributed by atoms with E-state index in [2.05, 4.69) is 20.8 Å². The zero-order valence-corrected chi connectivity index (χ0v) is 13.8. The largest absolute Gasteiger partial charge is 0.490 e. The Kier molecular flexibility index (Phi) is 4.53. The van der Waals surface area contributed by atoms with Crippen LogP contribution in [0.1, 0.15) is 11.1 Å². The van der Waals surface area contributed by atoms with Gasteiger partial charge in [0.25, 0.3) is 0 Å². The van der Waals surface area contributed by atoms with Crippen LogP contribution < -0.4 is 9.64 Å². The highest BCUT2D eigenvalue weighted by atomic mass is 79.9. The quantitative estimate of drug-likeness (QED) is 0.744. The third-order valence-corrected chi connectivity index (χ3v) is 4.33. The number of halogens is 4. The molecule has 0 fully saturated rings. The van der Waals surface area contributed by atoms with Crippen LogP contribution >= 0.6 is 15.9 Å². The summed E-state index contributed by atoms with van der Waals surface area (Å²) >= 11 is 3.42. The van der Waals surface area contributed by atoms with Crippen LogP contribution in [-0.2, 0) is 12.6 Å². The minimum Gasteiger partial charge on any atom is -0.490 e. The lowest BCUT2D eigenvalue weighted by Crippen LogP contribution is -2.34. The maximum absolute atomic E-state index is 12.6. The number of nitrogens with zero attached hydrogens (tertiary/aromatic N) is 1. The zero-order valence-electron chi connectivity index (χ0n) is 12.2. The monoisotopic (exact) mass is 385 g/mol. The predicted molar refractivity (Wildman–Crippen MR) is 87.0 cm³/mol. The van der Waals surface area contributed by atoms with Gasteiger partial charge in [0, 0.05) is 11.0 Å². The first kappa shape index (κ1) is 16.2. The highest BCUT2D eigenvalue weighted by Gasteiger charge is 2.29. The van der Waals surface area contributed by atoms with Gasteiger partial charge in [-0.15, -0.1) is 0 Å². The third-order valence-electron chi connectivity index (χ3n) is 3.83. The molecule has 0 unspecified atom stereocenters. The Balaban J connectivity index is 1.68. The average Bonchev–Trinajstić information content (AvgIpc) is 2.52. The van der Waals surface area contributed by atoms with Crippen molar-refractivity contribution in [1.82, 2.24) is 0 Å². The van der Waals surface area contributed by atoms with E-state index < -0.39 is 11.7 Å². The smallest absolute Gasteiger partial charge is 0.416 e. The van der Waals surface area contributed by atoms with Gasteiger partial charge >= 0.3 is 6.18 Å². The molecule has 122 valence electrons. The minimum absolute atomic E-state index is 0.608. The molecule has 6 heteroatoms. The van der Waals surface area contributed by atoms with Crippen molar-refractivity contribution in [2.45, 2.75) is 12.6 Å². The maximum Gasteiger partial charge on any atom is 0.416 e. The van der Waals surface area contributed by atoms with Crippen LogP contribution in [-0.4, -0.2) is 19.7 Å². The lowest BCUT2D eigenvalue weighted by molar-refractivity contribution is -0.137. The van der Waals surface area contributed by atoms with E-state index >= 15 is 0 Å². The number of rotatable bonds is 3. The molecule has 0 aliphatic carbocycles. The summed E-state index contributed by atoms with van der Waals surface area (Å²) in [6, 6.07) is 11.3. The van der Waals surface area contributed by atoms with Gasteiger partial charge in [0.2, 0.25) is 0 Å². The molecular weight excluding hydrogens is 371 g/mol. The molecule has 2 aromatic carbocycles. The second kappa shape index (κ2) is 6.43. The second-order valence-electron chi connectivity index (χ2n) is 5.39. The van der Waals surface area contributed by atoms with Gasteiger partial charge in [-0.25, -0.2) is 0 Å². The van der Waals surface area contributed by atoms with E-state index in [-0.39, 0.29) is 0 Å². The summed E-state index contributed by atoms with van der Waals surface area (Å²) in [7, 11) is 0. The minimum atomic E-state index is -4.28. The molecule has 0 atom stereocenters. The molecule has 0 saturated heterocycles. The molecule has 1 heterocycles. The van der Waals surface area contributed by atoms with Crippen molar-refractivity contribution in [1.29, 1.82) is 0 Å². The van der Waals surface area contributed by atoms with Gasteiger partial charge < -0.3 is 9.64 Å². The number of ether oxygens (including phenoxy) is 1. The lowest BCUT2D eigenvalue weighted by Gasteiger charge is -2.31. The first-order valence-electron chi connectivity index (χ1n) is 7.27. The molecule has 0 aromatic heterocycles. The number of alkyl halides is 3. The number of hydrogen-bond acceptors (Lipinski definition) is 2. The standard InChI is InChI=1S/C17H15BrF3NO/c18-14-5-6-15-16(11-14)23-10-9-22(15)8-7-12-1-3-13(4-2-12)17(19,20)21/h1-6,11H,7-10H2. The topological polar surface area (TPSA) is 12.5 Å². The molecule has 0 saturated carbocycles. The van der Waals surface area contributed by atoms with E-state index in [1.54, 1.807) is 12.1 Å². The summed E-state index contributed by atoms with van der Waals surface area (Å²) in [5.74, 6) is 0.832. The molecule has 0 radical (unpaired) electrons. The Hall–Kier alpha value is -1.69. The maximum atomic E-state index is 12.6. The summed E-state index contributed by atoms with van der Waals surface area (Å²) in [5, 5.41) is 0. The number of benzene rings is 2. The van der Waals surface area contributed by atoms with E-state index in [4.69, 9.17) is 4.74 Å². The molecule has 0 bridgehead atoms. The van der Waals surface area contributed by atoms with Crippen LogP contribution in [0, 0.1) is 0 Å². The van der Waals surface area contributed by atoms with E-state index in [9.17, 15) is 13.2 Å². The first-order chi connectivity index (χ1) is 10.9. The molecule has 2 nitrogen and oxygen atoms in total. The Bertz CT molecular complexity index is 685. The van der Waals surface area contributed by atoms with Crippen molar-refractivity contribution in [2.24, 2.45) is 0 Å². The van der Waals surface area contributed by atoms with Gasteiger partial charge in [-0.2, -0.15) is 13.2 Å². The Morgan fingerprint density at radius 1 is 1.09 bits per heavy atom. The van der Waals surface area contributed by atoms with E-state index in [1.807, 2.05) is 18.2 Å². The van der Waals surface area contributed by atoms with E-state index in [1.165, 1.54) is 0 Å². The van der Waals surface area contributed by atoms with Gasteiger partial charge in [0.1, 0.15) is 12.4 Å². The Morgan fingerprint density at radius 2 is 1.83 bits per heavy atom. The van der Waals surface area contributed by atoms with Crippen molar-refractivity contribution in [3.05, 3.63) is 58.1 Å². The van der Waals surface area contributed by atoms with Crippen molar-refractivity contribution >= 4 is 21.6 Å². The summed E-state index contributed by atoms with van der Waals surface area (Å²) in [5.41, 5.74) is 1.30. The molecule has 0 N–H and O–H groups in total. The van der Waals surface area contributed by atoms with E-state index in [0.717, 1.165) is 46.7 Å². The molecule has 2 aromatic rings. The van der Waals surface area contributed by atoms with Gasteiger partial charge in [-0.3, -0.25) is 0 Å². The van der Waals surface area contributed by atoms with Crippen LogP contribution in [0.3, 0.4) is 0 Å². The summed E-state index contributed by atoms with van der Waals surface area (Å²) in [4.78, 5) is 2.20. The van der Waals surface area contributed by atoms with Crippen LogP contribution in [0.5, 0.6) is 5.75 Å². The first-order valence-corrected chi connectivity index (χ1v) is 8.06. The van der Waals surface area contributed by atoms with Crippen LogP contribution in [0.15, 0.2) is 46.9 Å². The Labute approximate surface area is 141 Å². The predicted octanol–water partition coefficient (Wildman–Crippen LogP) is 4.91. The summed E-state index contributed by atoms with van der Waals surface area (Å²) < 4.78 is 44.3. The second-order valence-corrected chi connectivity index (χ2v) is 6.31.